The van der Waals surface area contributed by atoms with Crippen molar-refractivity contribution in [3.63, 3.8) is 0 Å². The van der Waals surface area contributed by atoms with Gasteiger partial charge in [-0.15, -0.1) is 0 Å². The third kappa shape index (κ3) is 3.02. The third-order valence-corrected chi connectivity index (χ3v) is 4.02. The minimum atomic E-state index is -0.828. The molecule has 0 saturated carbocycles. The Labute approximate surface area is 108 Å². The summed E-state index contributed by atoms with van der Waals surface area (Å²) in [5.74, 6) is -0.762. The van der Waals surface area contributed by atoms with E-state index < -0.39 is 11.5 Å². The fourth-order valence-corrected chi connectivity index (χ4v) is 2.76. The number of ether oxygens (including phenoxy) is 2. The van der Waals surface area contributed by atoms with Crippen LogP contribution in [0, 0.1) is 0 Å². The Morgan fingerprint density at radius 1 is 1.39 bits per heavy atom. The van der Waals surface area contributed by atoms with Crippen molar-refractivity contribution in [3.05, 3.63) is 0 Å². The maximum absolute atomic E-state index is 11.6. The standard InChI is InChI=1S/C13H23NO4/c1-2-10-8-13(12(15)16,5-7-18-10)14-9-11-4-3-6-17-11/h10-11,14H,2-9H2,1H3,(H,15,16). The molecule has 5 nitrogen and oxygen atoms in total. The Morgan fingerprint density at radius 2 is 2.17 bits per heavy atom. The molecular weight excluding hydrogens is 234 g/mol. The van der Waals surface area contributed by atoms with Gasteiger partial charge in [-0.3, -0.25) is 10.1 Å². The molecule has 2 aliphatic rings. The van der Waals surface area contributed by atoms with Gasteiger partial charge in [0.1, 0.15) is 5.54 Å². The average Bonchev–Trinajstić information content (AvgIpc) is 2.89. The Balaban J connectivity index is 1.94. The summed E-state index contributed by atoms with van der Waals surface area (Å²) in [6.45, 7) is 3.97. The van der Waals surface area contributed by atoms with Crippen LogP contribution in [0.25, 0.3) is 0 Å². The first-order valence-corrected chi connectivity index (χ1v) is 6.88. The van der Waals surface area contributed by atoms with E-state index in [1.165, 1.54) is 0 Å². The van der Waals surface area contributed by atoms with Crippen LogP contribution < -0.4 is 5.32 Å². The first-order valence-electron chi connectivity index (χ1n) is 6.88. The third-order valence-electron chi connectivity index (χ3n) is 4.02. The van der Waals surface area contributed by atoms with Crippen molar-refractivity contribution in [2.24, 2.45) is 0 Å². The summed E-state index contributed by atoms with van der Waals surface area (Å²) in [6.07, 6.45) is 4.26. The van der Waals surface area contributed by atoms with Gasteiger partial charge in [-0.2, -0.15) is 0 Å². The first kappa shape index (κ1) is 13.8. The van der Waals surface area contributed by atoms with Gasteiger partial charge in [0.2, 0.25) is 0 Å². The quantitative estimate of drug-likeness (QED) is 0.774. The smallest absolute Gasteiger partial charge is 0.324 e. The predicted octanol–water partition coefficient (Wildman–Crippen LogP) is 1.17. The summed E-state index contributed by atoms with van der Waals surface area (Å²) < 4.78 is 11.1. The summed E-state index contributed by atoms with van der Waals surface area (Å²) in [7, 11) is 0. The molecule has 2 fully saturated rings. The molecule has 0 radical (unpaired) electrons. The van der Waals surface area contributed by atoms with E-state index in [4.69, 9.17) is 9.47 Å². The van der Waals surface area contributed by atoms with E-state index in [9.17, 15) is 9.90 Å². The monoisotopic (exact) mass is 257 g/mol. The lowest BCUT2D eigenvalue weighted by atomic mass is 9.85. The van der Waals surface area contributed by atoms with E-state index in [1.54, 1.807) is 0 Å². The molecule has 0 bridgehead atoms. The molecule has 2 saturated heterocycles. The summed E-state index contributed by atoms with van der Waals surface area (Å²) in [5.41, 5.74) is -0.828. The molecule has 5 heteroatoms. The summed E-state index contributed by atoms with van der Waals surface area (Å²) in [4.78, 5) is 11.6. The number of nitrogens with one attached hydrogen (secondary N) is 1. The van der Waals surface area contributed by atoms with Gasteiger partial charge in [0.25, 0.3) is 0 Å². The SMILES string of the molecule is CCC1CC(NCC2CCCO2)(C(=O)O)CCO1. The van der Waals surface area contributed by atoms with Gasteiger partial charge in [-0.1, -0.05) is 6.92 Å². The van der Waals surface area contributed by atoms with E-state index in [2.05, 4.69) is 5.32 Å². The predicted molar refractivity (Wildman–Crippen MR) is 66.6 cm³/mol. The van der Waals surface area contributed by atoms with Crippen LogP contribution >= 0.6 is 0 Å². The highest BCUT2D eigenvalue weighted by Gasteiger charge is 2.43. The van der Waals surface area contributed by atoms with Crippen molar-refractivity contribution in [1.29, 1.82) is 0 Å². The number of carboxylic acid groups (broad SMARTS) is 1. The largest absolute Gasteiger partial charge is 0.480 e. The molecule has 0 aromatic heterocycles. The summed E-state index contributed by atoms with van der Waals surface area (Å²) >= 11 is 0. The van der Waals surface area contributed by atoms with Crippen molar-refractivity contribution in [2.45, 2.75) is 56.8 Å². The van der Waals surface area contributed by atoms with Gasteiger partial charge in [-0.05, 0) is 25.7 Å². The van der Waals surface area contributed by atoms with Crippen molar-refractivity contribution in [1.82, 2.24) is 5.32 Å². The topological polar surface area (TPSA) is 67.8 Å². The highest BCUT2D eigenvalue weighted by molar-refractivity contribution is 5.79. The van der Waals surface area contributed by atoms with E-state index >= 15 is 0 Å². The number of hydrogen-bond donors (Lipinski definition) is 2. The number of rotatable bonds is 5. The second-order valence-electron chi connectivity index (χ2n) is 5.26. The lowest BCUT2D eigenvalue weighted by molar-refractivity contribution is -0.152. The van der Waals surface area contributed by atoms with Crippen LogP contribution in [0.4, 0.5) is 0 Å². The number of hydrogen-bond acceptors (Lipinski definition) is 4. The minimum absolute atomic E-state index is 0.0480. The molecule has 3 atom stereocenters. The van der Waals surface area contributed by atoms with E-state index in [0.717, 1.165) is 25.9 Å². The van der Waals surface area contributed by atoms with Crippen molar-refractivity contribution in [2.75, 3.05) is 19.8 Å². The fourth-order valence-electron chi connectivity index (χ4n) is 2.76. The molecule has 0 aromatic rings. The van der Waals surface area contributed by atoms with Crippen LogP contribution in [-0.4, -0.2) is 48.6 Å². The average molecular weight is 257 g/mol. The van der Waals surface area contributed by atoms with Crippen LogP contribution in [0.2, 0.25) is 0 Å². The van der Waals surface area contributed by atoms with Gasteiger partial charge >= 0.3 is 5.97 Å². The van der Waals surface area contributed by atoms with Crippen molar-refractivity contribution < 1.29 is 19.4 Å². The lowest BCUT2D eigenvalue weighted by Gasteiger charge is -2.38. The van der Waals surface area contributed by atoms with Crippen molar-refractivity contribution in [3.8, 4) is 0 Å². The molecular formula is C13H23NO4. The van der Waals surface area contributed by atoms with E-state index in [0.29, 0.717) is 26.0 Å². The Morgan fingerprint density at radius 3 is 2.78 bits per heavy atom. The Kier molecular flexibility index (Phi) is 4.59. The van der Waals surface area contributed by atoms with Gasteiger partial charge in [0.05, 0.1) is 12.2 Å². The number of aliphatic carboxylic acids is 1. The van der Waals surface area contributed by atoms with Crippen molar-refractivity contribution >= 4 is 5.97 Å². The first-order chi connectivity index (χ1) is 8.66. The van der Waals surface area contributed by atoms with E-state index in [1.807, 2.05) is 6.92 Å². The molecule has 3 unspecified atom stereocenters. The molecule has 0 amide bonds. The van der Waals surface area contributed by atoms with Crippen LogP contribution in [-0.2, 0) is 14.3 Å². The van der Waals surface area contributed by atoms with Crippen LogP contribution in [0.3, 0.4) is 0 Å². The maximum Gasteiger partial charge on any atom is 0.324 e. The normalized spacial score (nSPS) is 36.7. The fraction of sp³-hybridized carbons (Fsp3) is 0.923. The Hall–Kier alpha value is -0.650. The number of carboxylic acids is 1. The zero-order valence-electron chi connectivity index (χ0n) is 11.0. The Bertz CT molecular complexity index is 291. The molecule has 0 aliphatic carbocycles. The zero-order valence-corrected chi connectivity index (χ0v) is 11.0. The molecule has 2 aliphatic heterocycles. The highest BCUT2D eigenvalue weighted by Crippen LogP contribution is 2.27. The molecule has 2 rings (SSSR count). The molecule has 2 N–H and O–H groups in total. The second-order valence-corrected chi connectivity index (χ2v) is 5.26. The second kappa shape index (κ2) is 5.99. The summed E-state index contributed by atoms with van der Waals surface area (Å²) in [6, 6.07) is 0. The highest BCUT2D eigenvalue weighted by atomic mass is 16.5. The van der Waals surface area contributed by atoms with Gasteiger partial charge in [0.15, 0.2) is 0 Å². The van der Waals surface area contributed by atoms with Crippen LogP contribution in [0.1, 0.15) is 39.0 Å². The van der Waals surface area contributed by atoms with Crippen LogP contribution in [0.15, 0.2) is 0 Å². The minimum Gasteiger partial charge on any atom is -0.480 e. The van der Waals surface area contributed by atoms with Crippen LogP contribution in [0.5, 0.6) is 0 Å². The van der Waals surface area contributed by atoms with Gasteiger partial charge < -0.3 is 14.6 Å². The molecule has 2 heterocycles. The van der Waals surface area contributed by atoms with Gasteiger partial charge in [-0.25, -0.2) is 0 Å². The number of carbonyl (C=O) groups is 1. The summed E-state index contributed by atoms with van der Waals surface area (Å²) in [5, 5.41) is 12.8. The maximum atomic E-state index is 11.6. The zero-order chi connectivity index (χ0) is 13.0. The molecule has 0 spiro atoms. The molecule has 0 aromatic carbocycles. The van der Waals surface area contributed by atoms with E-state index in [-0.39, 0.29) is 12.2 Å². The molecule has 18 heavy (non-hydrogen) atoms. The molecule has 104 valence electrons. The lowest BCUT2D eigenvalue weighted by Crippen LogP contribution is -2.58. The van der Waals surface area contributed by atoms with Gasteiger partial charge in [0, 0.05) is 26.2 Å².